The zero-order valence-corrected chi connectivity index (χ0v) is 8.69. The molecule has 0 radical (unpaired) electrons. The minimum Gasteiger partial charge on any atom is -0.303 e. The first-order valence-corrected chi connectivity index (χ1v) is 4.73. The second-order valence-electron chi connectivity index (χ2n) is 3.17. The van der Waals surface area contributed by atoms with E-state index in [4.69, 9.17) is 11.6 Å². The van der Waals surface area contributed by atoms with Gasteiger partial charge in [0.05, 0.1) is 0 Å². The summed E-state index contributed by atoms with van der Waals surface area (Å²) in [6.07, 6.45) is 2.22. The maximum Gasteiger partial charge on any atom is 0.120 e. The molecule has 0 aliphatic heterocycles. The molecule has 0 aliphatic carbocycles. The number of aldehydes is 1. The highest BCUT2D eigenvalue weighted by Gasteiger charge is 2.05. The Morgan fingerprint density at radius 1 is 1.38 bits per heavy atom. The van der Waals surface area contributed by atoms with Crippen LogP contribution < -0.4 is 0 Å². The first-order chi connectivity index (χ1) is 6.16. The fourth-order valence-electron chi connectivity index (χ4n) is 1.35. The number of carbonyl (C=O) groups excluding carboxylic acids is 1. The number of benzene rings is 1. The van der Waals surface area contributed by atoms with Gasteiger partial charge in [-0.2, -0.15) is 0 Å². The fraction of sp³-hybridized carbons (Fsp3) is 0.364. The standard InChI is InChI=1S/C11H13ClO/c1-8-5-6-11(12)10(9(8)2)4-3-7-13/h5-7H,3-4H2,1-2H3. The van der Waals surface area contributed by atoms with E-state index in [9.17, 15) is 4.79 Å². The van der Waals surface area contributed by atoms with Crippen molar-refractivity contribution >= 4 is 17.9 Å². The van der Waals surface area contributed by atoms with Crippen molar-refractivity contribution in [3.05, 3.63) is 33.8 Å². The van der Waals surface area contributed by atoms with Gasteiger partial charge in [0.25, 0.3) is 0 Å². The largest absolute Gasteiger partial charge is 0.303 e. The van der Waals surface area contributed by atoms with Crippen molar-refractivity contribution in [1.82, 2.24) is 0 Å². The molecule has 1 aromatic rings. The van der Waals surface area contributed by atoms with E-state index in [2.05, 4.69) is 6.92 Å². The van der Waals surface area contributed by atoms with Crippen LogP contribution in [0.5, 0.6) is 0 Å². The third-order valence-corrected chi connectivity index (χ3v) is 2.68. The highest BCUT2D eigenvalue weighted by atomic mass is 35.5. The summed E-state index contributed by atoms with van der Waals surface area (Å²) < 4.78 is 0. The molecule has 0 N–H and O–H groups in total. The normalized spacial score (nSPS) is 10.1. The topological polar surface area (TPSA) is 17.1 Å². The third kappa shape index (κ3) is 2.31. The lowest BCUT2D eigenvalue weighted by Crippen LogP contribution is -1.94. The van der Waals surface area contributed by atoms with E-state index in [0.717, 1.165) is 23.3 Å². The Hall–Kier alpha value is -0.820. The van der Waals surface area contributed by atoms with E-state index >= 15 is 0 Å². The van der Waals surface area contributed by atoms with Crippen molar-refractivity contribution in [2.24, 2.45) is 0 Å². The lowest BCUT2D eigenvalue weighted by atomic mass is 10.00. The van der Waals surface area contributed by atoms with Gasteiger partial charge in [-0.05, 0) is 43.0 Å². The summed E-state index contributed by atoms with van der Waals surface area (Å²) in [4.78, 5) is 10.2. The molecule has 1 nitrogen and oxygen atoms in total. The number of rotatable bonds is 3. The summed E-state index contributed by atoms with van der Waals surface area (Å²) in [7, 11) is 0. The van der Waals surface area contributed by atoms with E-state index in [1.165, 1.54) is 11.1 Å². The van der Waals surface area contributed by atoms with Gasteiger partial charge in [-0.3, -0.25) is 0 Å². The zero-order chi connectivity index (χ0) is 9.84. The summed E-state index contributed by atoms with van der Waals surface area (Å²) >= 11 is 6.02. The van der Waals surface area contributed by atoms with E-state index in [1.54, 1.807) is 0 Å². The maximum atomic E-state index is 10.2. The molecular weight excluding hydrogens is 184 g/mol. The molecule has 0 saturated carbocycles. The molecule has 0 atom stereocenters. The van der Waals surface area contributed by atoms with Crippen LogP contribution in [0.2, 0.25) is 5.02 Å². The molecule has 0 bridgehead atoms. The summed E-state index contributed by atoms with van der Waals surface area (Å²) in [6.45, 7) is 4.09. The first-order valence-electron chi connectivity index (χ1n) is 4.35. The van der Waals surface area contributed by atoms with Crippen molar-refractivity contribution in [2.45, 2.75) is 26.7 Å². The Balaban J connectivity index is 3.02. The Kier molecular flexibility index (Phi) is 3.49. The number of aryl methyl sites for hydroxylation is 1. The zero-order valence-electron chi connectivity index (χ0n) is 7.93. The van der Waals surface area contributed by atoms with Gasteiger partial charge < -0.3 is 4.79 Å². The van der Waals surface area contributed by atoms with E-state index < -0.39 is 0 Å². The number of hydrogen-bond acceptors (Lipinski definition) is 1. The molecule has 0 aromatic heterocycles. The van der Waals surface area contributed by atoms with Gasteiger partial charge in [0.2, 0.25) is 0 Å². The fourth-order valence-corrected chi connectivity index (χ4v) is 1.65. The van der Waals surface area contributed by atoms with Crippen molar-refractivity contribution in [3.63, 3.8) is 0 Å². The lowest BCUT2D eigenvalue weighted by Gasteiger charge is -2.09. The molecule has 0 fully saturated rings. The molecule has 1 rings (SSSR count). The average Bonchev–Trinajstić information content (AvgIpc) is 2.12. The van der Waals surface area contributed by atoms with Crippen molar-refractivity contribution in [3.8, 4) is 0 Å². The van der Waals surface area contributed by atoms with E-state index in [1.807, 2.05) is 19.1 Å². The molecule has 13 heavy (non-hydrogen) atoms. The van der Waals surface area contributed by atoms with Crippen LogP contribution in [0.25, 0.3) is 0 Å². The minimum atomic E-state index is 0.546. The van der Waals surface area contributed by atoms with Crippen LogP contribution in [0.4, 0.5) is 0 Å². The molecule has 0 saturated heterocycles. The molecule has 70 valence electrons. The first kappa shape index (κ1) is 10.3. The van der Waals surface area contributed by atoms with Crippen molar-refractivity contribution < 1.29 is 4.79 Å². The maximum absolute atomic E-state index is 10.2. The van der Waals surface area contributed by atoms with Crippen LogP contribution in [-0.4, -0.2) is 6.29 Å². The molecule has 2 heteroatoms. The quantitative estimate of drug-likeness (QED) is 0.679. The molecule has 0 spiro atoms. The second-order valence-corrected chi connectivity index (χ2v) is 3.58. The van der Waals surface area contributed by atoms with Crippen LogP contribution >= 0.6 is 11.6 Å². The van der Waals surface area contributed by atoms with Crippen molar-refractivity contribution in [1.29, 1.82) is 0 Å². The molecule has 1 aromatic carbocycles. The predicted octanol–water partition coefficient (Wildman–Crippen LogP) is 3.09. The Labute approximate surface area is 83.7 Å². The molecule has 0 amide bonds. The number of halogens is 1. The minimum absolute atomic E-state index is 0.546. The van der Waals surface area contributed by atoms with Crippen LogP contribution in [0.1, 0.15) is 23.1 Å². The van der Waals surface area contributed by atoms with Gasteiger partial charge in [0.15, 0.2) is 0 Å². The monoisotopic (exact) mass is 196 g/mol. The second kappa shape index (κ2) is 4.43. The van der Waals surface area contributed by atoms with Crippen LogP contribution in [0, 0.1) is 13.8 Å². The van der Waals surface area contributed by atoms with Crippen molar-refractivity contribution in [2.75, 3.05) is 0 Å². The van der Waals surface area contributed by atoms with E-state index in [-0.39, 0.29) is 0 Å². The summed E-state index contributed by atoms with van der Waals surface area (Å²) in [5.74, 6) is 0. The average molecular weight is 197 g/mol. The Morgan fingerprint density at radius 2 is 2.08 bits per heavy atom. The molecule has 0 unspecified atom stereocenters. The summed E-state index contributed by atoms with van der Waals surface area (Å²) in [5.41, 5.74) is 3.54. The lowest BCUT2D eigenvalue weighted by molar-refractivity contribution is -0.107. The molecule has 0 aliphatic rings. The van der Waals surface area contributed by atoms with Gasteiger partial charge in [0, 0.05) is 11.4 Å². The van der Waals surface area contributed by atoms with Gasteiger partial charge in [-0.15, -0.1) is 0 Å². The van der Waals surface area contributed by atoms with Gasteiger partial charge >= 0.3 is 0 Å². The number of hydrogen-bond donors (Lipinski definition) is 0. The summed E-state index contributed by atoms with van der Waals surface area (Å²) in [6, 6.07) is 3.89. The predicted molar refractivity (Wildman–Crippen MR) is 55.3 cm³/mol. The van der Waals surface area contributed by atoms with Gasteiger partial charge in [0.1, 0.15) is 6.29 Å². The summed E-state index contributed by atoms with van der Waals surface area (Å²) in [5, 5.41) is 0.768. The highest BCUT2D eigenvalue weighted by molar-refractivity contribution is 6.31. The number of carbonyl (C=O) groups is 1. The smallest absolute Gasteiger partial charge is 0.120 e. The SMILES string of the molecule is Cc1ccc(Cl)c(CCC=O)c1C. The third-order valence-electron chi connectivity index (χ3n) is 2.32. The molecular formula is C11H13ClO. The Bertz CT molecular complexity index is 318. The molecule has 0 heterocycles. The van der Waals surface area contributed by atoms with Crippen LogP contribution in [0.3, 0.4) is 0 Å². The van der Waals surface area contributed by atoms with Gasteiger partial charge in [-0.1, -0.05) is 17.7 Å². The van der Waals surface area contributed by atoms with E-state index in [0.29, 0.717) is 6.42 Å². The Morgan fingerprint density at radius 3 is 2.69 bits per heavy atom. The highest BCUT2D eigenvalue weighted by Crippen LogP contribution is 2.23. The van der Waals surface area contributed by atoms with Crippen LogP contribution in [-0.2, 0) is 11.2 Å². The van der Waals surface area contributed by atoms with Crippen LogP contribution in [0.15, 0.2) is 12.1 Å². The van der Waals surface area contributed by atoms with Gasteiger partial charge in [-0.25, -0.2) is 0 Å².